The van der Waals surface area contributed by atoms with Gasteiger partial charge in [0.1, 0.15) is 0 Å². The molecule has 0 heterocycles. The van der Waals surface area contributed by atoms with Crippen molar-refractivity contribution in [2.75, 3.05) is 6.61 Å². The van der Waals surface area contributed by atoms with Crippen LogP contribution in [-0.4, -0.2) is 34.9 Å². The van der Waals surface area contributed by atoms with Crippen molar-refractivity contribution in [1.29, 1.82) is 0 Å². The van der Waals surface area contributed by atoms with Gasteiger partial charge < -0.3 is 15.5 Å². The zero-order valence-corrected chi connectivity index (χ0v) is 32.1. The molecule has 0 radical (unpaired) electrons. The summed E-state index contributed by atoms with van der Waals surface area (Å²) in [7, 11) is 0. The first kappa shape index (κ1) is 46.1. The summed E-state index contributed by atoms with van der Waals surface area (Å²) in [5.41, 5.74) is 0. The van der Waals surface area contributed by atoms with E-state index >= 15 is 0 Å². The van der Waals surface area contributed by atoms with Gasteiger partial charge in [-0.05, 0) is 19.3 Å². The molecule has 0 saturated carbocycles. The molecule has 0 spiro atoms. The lowest BCUT2D eigenvalue weighted by atomic mass is 10.0. The van der Waals surface area contributed by atoms with Gasteiger partial charge in [0.25, 0.3) is 0 Å². The third-order valence-corrected chi connectivity index (χ3v) is 10.0. The summed E-state index contributed by atoms with van der Waals surface area (Å²) in [5, 5.41) is 22.9. The Morgan fingerprint density at radius 3 is 1.11 bits per heavy atom. The second-order valence-electron chi connectivity index (χ2n) is 14.8. The van der Waals surface area contributed by atoms with Crippen molar-refractivity contribution >= 4 is 5.91 Å². The number of nitrogens with one attached hydrogen (secondary N) is 1. The molecule has 0 saturated heterocycles. The monoisotopic (exact) mass is 664 g/mol. The largest absolute Gasteiger partial charge is 0.394 e. The Morgan fingerprint density at radius 2 is 0.787 bits per heavy atom. The highest BCUT2D eigenvalue weighted by molar-refractivity contribution is 5.76. The van der Waals surface area contributed by atoms with Crippen molar-refractivity contribution in [3.8, 4) is 0 Å². The van der Waals surface area contributed by atoms with E-state index in [-0.39, 0.29) is 12.5 Å². The Morgan fingerprint density at radius 1 is 0.489 bits per heavy atom. The topological polar surface area (TPSA) is 69.6 Å². The summed E-state index contributed by atoms with van der Waals surface area (Å²) in [5.74, 6) is -0.0630. The molecule has 0 aromatic rings. The van der Waals surface area contributed by atoms with E-state index in [4.69, 9.17) is 0 Å². The minimum Gasteiger partial charge on any atom is -0.394 e. The molecular formula is C43H85NO3. The van der Waals surface area contributed by atoms with E-state index in [0.29, 0.717) is 6.42 Å². The van der Waals surface area contributed by atoms with Gasteiger partial charge in [0, 0.05) is 6.42 Å². The van der Waals surface area contributed by atoms with E-state index in [2.05, 4.69) is 19.2 Å². The Balaban J connectivity index is 3.49. The number of amides is 1. The zero-order valence-electron chi connectivity index (χ0n) is 32.1. The summed E-state index contributed by atoms with van der Waals surface area (Å²) in [6.45, 7) is 4.31. The fraction of sp³-hybridized carbons (Fsp3) is 0.930. The Kier molecular flexibility index (Phi) is 38.8. The lowest BCUT2D eigenvalue weighted by Gasteiger charge is -2.20. The number of carbonyl (C=O) groups excluding carboxylic acids is 1. The molecule has 2 unspecified atom stereocenters. The van der Waals surface area contributed by atoms with Crippen molar-refractivity contribution < 1.29 is 15.0 Å². The van der Waals surface area contributed by atoms with Crippen molar-refractivity contribution in [3.63, 3.8) is 0 Å². The summed E-state index contributed by atoms with van der Waals surface area (Å²) >= 11 is 0. The number of rotatable bonds is 39. The molecule has 0 fully saturated rings. The summed E-state index contributed by atoms with van der Waals surface area (Å²) < 4.78 is 0. The molecular weight excluding hydrogens is 578 g/mol. The second kappa shape index (κ2) is 39.6. The van der Waals surface area contributed by atoms with Crippen LogP contribution in [0.15, 0.2) is 12.2 Å². The first-order valence-corrected chi connectivity index (χ1v) is 21.4. The average Bonchev–Trinajstić information content (AvgIpc) is 3.07. The number of hydrogen-bond donors (Lipinski definition) is 3. The average molecular weight is 664 g/mol. The van der Waals surface area contributed by atoms with Crippen molar-refractivity contribution in [3.05, 3.63) is 12.2 Å². The second-order valence-corrected chi connectivity index (χ2v) is 14.8. The van der Waals surface area contributed by atoms with Gasteiger partial charge in [-0.15, -0.1) is 0 Å². The smallest absolute Gasteiger partial charge is 0.220 e. The van der Waals surface area contributed by atoms with Gasteiger partial charge in [-0.2, -0.15) is 0 Å². The van der Waals surface area contributed by atoms with Crippen molar-refractivity contribution in [2.24, 2.45) is 0 Å². The number of hydrogen-bond acceptors (Lipinski definition) is 3. The highest BCUT2D eigenvalue weighted by Crippen LogP contribution is 2.16. The van der Waals surface area contributed by atoms with Gasteiger partial charge in [0.2, 0.25) is 5.91 Å². The van der Waals surface area contributed by atoms with Crippen LogP contribution in [0.1, 0.15) is 239 Å². The predicted octanol–water partition coefficient (Wildman–Crippen LogP) is 13.1. The lowest BCUT2D eigenvalue weighted by Crippen LogP contribution is -2.45. The molecule has 2 atom stereocenters. The van der Waals surface area contributed by atoms with Crippen LogP contribution in [-0.2, 0) is 4.79 Å². The molecule has 1 amide bonds. The first-order chi connectivity index (χ1) is 23.2. The predicted molar refractivity (Wildman–Crippen MR) is 207 cm³/mol. The molecule has 3 N–H and O–H groups in total. The maximum atomic E-state index is 12.3. The molecule has 0 aromatic heterocycles. The summed E-state index contributed by atoms with van der Waals surface area (Å²) in [4.78, 5) is 12.3. The Bertz CT molecular complexity index is 637. The van der Waals surface area contributed by atoms with Crippen LogP contribution in [0.5, 0.6) is 0 Å². The van der Waals surface area contributed by atoms with Gasteiger partial charge in [-0.1, -0.05) is 225 Å². The first-order valence-electron chi connectivity index (χ1n) is 21.4. The fourth-order valence-corrected chi connectivity index (χ4v) is 6.71. The summed E-state index contributed by atoms with van der Waals surface area (Å²) in [6.07, 6.45) is 48.9. The van der Waals surface area contributed by atoms with E-state index < -0.39 is 12.1 Å². The molecule has 47 heavy (non-hydrogen) atoms. The van der Waals surface area contributed by atoms with Crippen LogP contribution in [0.4, 0.5) is 0 Å². The van der Waals surface area contributed by atoms with Gasteiger partial charge >= 0.3 is 0 Å². The van der Waals surface area contributed by atoms with Gasteiger partial charge in [-0.3, -0.25) is 4.79 Å². The number of aliphatic hydroxyl groups excluding tert-OH is 2. The van der Waals surface area contributed by atoms with Gasteiger partial charge in [0.05, 0.1) is 18.8 Å². The zero-order chi connectivity index (χ0) is 34.3. The molecule has 4 heteroatoms. The molecule has 0 aliphatic rings. The maximum Gasteiger partial charge on any atom is 0.220 e. The highest BCUT2D eigenvalue weighted by Gasteiger charge is 2.17. The van der Waals surface area contributed by atoms with Crippen LogP contribution in [0, 0.1) is 0 Å². The number of carbonyl (C=O) groups is 1. The van der Waals surface area contributed by atoms with Crippen LogP contribution in [0.25, 0.3) is 0 Å². The molecule has 0 bridgehead atoms. The van der Waals surface area contributed by atoms with E-state index in [1.54, 1.807) is 6.08 Å². The quantitative estimate of drug-likeness (QED) is 0.0453. The standard InChI is InChI=1S/C43H85NO3/c1-3-5-7-9-11-13-15-16-17-18-19-20-21-22-23-24-25-26-27-29-30-32-34-36-38-42(46)41(40-45)44-43(47)39-37-35-33-31-28-14-12-10-8-6-4-2/h36,38,41-42,45-46H,3-35,37,39-40H2,1-2H3,(H,44,47)/b38-36+. The van der Waals surface area contributed by atoms with E-state index in [1.165, 1.54) is 193 Å². The highest BCUT2D eigenvalue weighted by atomic mass is 16.3. The lowest BCUT2D eigenvalue weighted by molar-refractivity contribution is -0.123. The number of unbranched alkanes of at least 4 members (excludes halogenated alkanes) is 32. The minimum absolute atomic E-state index is 0.0630. The molecule has 0 aliphatic heterocycles. The Labute approximate surface area is 295 Å². The summed E-state index contributed by atoms with van der Waals surface area (Å²) in [6, 6.07) is -0.615. The molecule has 0 aromatic carbocycles. The van der Waals surface area contributed by atoms with E-state index in [0.717, 1.165) is 25.7 Å². The molecule has 280 valence electrons. The Hall–Kier alpha value is -0.870. The van der Waals surface area contributed by atoms with Crippen LogP contribution >= 0.6 is 0 Å². The number of allylic oxidation sites excluding steroid dienone is 1. The van der Waals surface area contributed by atoms with Crippen molar-refractivity contribution in [1.82, 2.24) is 5.32 Å². The maximum absolute atomic E-state index is 12.3. The fourth-order valence-electron chi connectivity index (χ4n) is 6.71. The molecule has 0 rings (SSSR count). The SMILES string of the molecule is CCCCCCCCCCCCCCCCCCCCCCCC/C=C/C(O)C(CO)NC(=O)CCCCCCCCCCCCC. The van der Waals surface area contributed by atoms with E-state index in [1.807, 2.05) is 6.08 Å². The van der Waals surface area contributed by atoms with E-state index in [9.17, 15) is 15.0 Å². The minimum atomic E-state index is -0.832. The molecule has 0 aliphatic carbocycles. The van der Waals surface area contributed by atoms with Crippen molar-refractivity contribution in [2.45, 2.75) is 251 Å². The third-order valence-electron chi connectivity index (χ3n) is 10.0. The van der Waals surface area contributed by atoms with Gasteiger partial charge in [0.15, 0.2) is 0 Å². The normalized spacial score (nSPS) is 13.0. The van der Waals surface area contributed by atoms with Gasteiger partial charge in [-0.25, -0.2) is 0 Å². The molecule has 4 nitrogen and oxygen atoms in total. The number of aliphatic hydroxyl groups is 2. The van der Waals surface area contributed by atoms with Crippen LogP contribution in [0.2, 0.25) is 0 Å². The van der Waals surface area contributed by atoms with Crippen LogP contribution in [0.3, 0.4) is 0 Å². The van der Waals surface area contributed by atoms with Crippen LogP contribution < -0.4 is 5.32 Å². The third kappa shape index (κ3) is 36.2.